The van der Waals surface area contributed by atoms with Gasteiger partial charge in [0.1, 0.15) is 6.29 Å². The van der Waals surface area contributed by atoms with E-state index in [-0.39, 0.29) is 0 Å². The van der Waals surface area contributed by atoms with Crippen LogP contribution in [0, 0.1) is 5.41 Å². The Labute approximate surface area is 123 Å². The lowest BCUT2D eigenvalue weighted by Crippen LogP contribution is -2.39. The van der Waals surface area contributed by atoms with Crippen molar-refractivity contribution >= 4 is 27.9 Å². The van der Waals surface area contributed by atoms with Crippen molar-refractivity contribution in [2.24, 2.45) is 5.41 Å². The van der Waals surface area contributed by atoms with Gasteiger partial charge in [-0.05, 0) is 65.2 Å². The molecule has 1 spiro atoms. The number of hydrogen-bond acceptors (Lipinski definition) is 2. The molecule has 0 bridgehead atoms. The minimum Gasteiger partial charge on any atom is -0.371 e. The molecule has 0 aromatic heterocycles. The van der Waals surface area contributed by atoms with Gasteiger partial charge in [-0.2, -0.15) is 0 Å². The molecule has 3 rings (SSSR count). The van der Waals surface area contributed by atoms with Crippen molar-refractivity contribution in [3.05, 3.63) is 28.2 Å². The van der Waals surface area contributed by atoms with E-state index < -0.39 is 0 Å². The number of halogens is 1. The molecule has 1 aliphatic heterocycles. The molecule has 0 unspecified atom stereocenters. The number of nitrogens with zero attached hydrogens (tertiary/aromatic N) is 1. The highest BCUT2D eigenvalue weighted by atomic mass is 79.9. The normalized spacial score (nSPS) is 21.8. The third-order valence-electron chi connectivity index (χ3n) is 4.94. The largest absolute Gasteiger partial charge is 0.371 e. The molecular weight excluding hydrogens is 302 g/mol. The van der Waals surface area contributed by atoms with E-state index in [1.807, 2.05) is 12.1 Å². The molecule has 1 aromatic carbocycles. The molecule has 0 N–H and O–H groups in total. The zero-order valence-electron chi connectivity index (χ0n) is 11.2. The Balaban J connectivity index is 1.72. The van der Waals surface area contributed by atoms with Crippen LogP contribution in [0.25, 0.3) is 0 Å². The zero-order valence-corrected chi connectivity index (χ0v) is 12.8. The maximum atomic E-state index is 10.8. The fraction of sp³-hybridized carbons (Fsp3) is 0.562. The van der Waals surface area contributed by atoms with Crippen LogP contribution in [0.3, 0.4) is 0 Å². The predicted octanol–water partition coefficient (Wildman–Crippen LogP) is 4.42. The van der Waals surface area contributed by atoms with Gasteiger partial charge in [0.2, 0.25) is 0 Å². The van der Waals surface area contributed by atoms with Crippen LogP contribution < -0.4 is 4.90 Å². The lowest BCUT2D eigenvalue weighted by atomic mass is 9.77. The molecule has 0 radical (unpaired) electrons. The second-order valence-corrected chi connectivity index (χ2v) is 6.88. The number of anilines is 1. The van der Waals surface area contributed by atoms with Crippen molar-refractivity contribution in [2.75, 3.05) is 18.0 Å². The van der Waals surface area contributed by atoms with Gasteiger partial charge in [0.05, 0.1) is 5.69 Å². The molecule has 2 fully saturated rings. The number of piperidine rings is 1. The standard InChI is InChI=1S/C16H20BrNO/c17-14-11-13(12-19)3-4-15(14)18-9-7-16(8-10-18)5-1-2-6-16/h3-4,11-12H,1-2,5-10H2. The summed E-state index contributed by atoms with van der Waals surface area (Å²) in [5, 5.41) is 0. The number of carbonyl (C=O) groups excluding carboxylic acids is 1. The highest BCUT2D eigenvalue weighted by Crippen LogP contribution is 2.47. The summed E-state index contributed by atoms with van der Waals surface area (Å²) in [6.45, 7) is 2.30. The molecule has 1 aromatic rings. The van der Waals surface area contributed by atoms with Crippen molar-refractivity contribution in [1.82, 2.24) is 0 Å². The molecule has 1 heterocycles. The Morgan fingerprint density at radius 1 is 1.11 bits per heavy atom. The van der Waals surface area contributed by atoms with Gasteiger partial charge in [-0.1, -0.05) is 12.8 Å². The maximum Gasteiger partial charge on any atom is 0.150 e. The van der Waals surface area contributed by atoms with Crippen LogP contribution in [0.2, 0.25) is 0 Å². The van der Waals surface area contributed by atoms with Crippen LogP contribution in [-0.2, 0) is 0 Å². The quantitative estimate of drug-likeness (QED) is 0.751. The summed E-state index contributed by atoms with van der Waals surface area (Å²) >= 11 is 3.60. The first-order valence-corrected chi connectivity index (χ1v) is 8.01. The average molecular weight is 322 g/mol. The van der Waals surface area contributed by atoms with Crippen molar-refractivity contribution < 1.29 is 4.79 Å². The van der Waals surface area contributed by atoms with Crippen LogP contribution in [0.4, 0.5) is 5.69 Å². The lowest BCUT2D eigenvalue weighted by Gasteiger charge is -2.40. The molecular formula is C16H20BrNO. The lowest BCUT2D eigenvalue weighted by molar-refractivity contribution is 0.112. The van der Waals surface area contributed by atoms with E-state index in [0.717, 1.165) is 29.4 Å². The van der Waals surface area contributed by atoms with Gasteiger partial charge in [0.15, 0.2) is 0 Å². The monoisotopic (exact) mass is 321 g/mol. The van der Waals surface area contributed by atoms with E-state index in [1.165, 1.54) is 44.2 Å². The first-order valence-electron chi connectivity index (χ1n) is 7.22. The summed E-state index contributed by atoms with van der Waals surface area (Å²) in [5.41, 5.74) is 2.63. The Morgan fingerprint density at radius 2 is 1.79 bits per heavy atom. The Kier molecular flexibility index (Phi) is 3.66. The van der Waals surface area contributed by atoms with Crippen LogP contribution in [0.5, 0.6) is 0 Å². The van der Waals surface area contributed by atoms with Gasteiger partial charge in [-0.15, -0.1) is 0 Å². The number of aldehydes is 1. The summed E-state index contributed by atoms with van der Waals surface area (Å²) in [7, 11) is 0. The van der Waals surface area contributed by atoms with Crippen LogP contribution in [0.15, 0.2) is 22.7 Å². The molecule has 1 aliphatic carbocycles. The zero-order chi connectivity index (χ0) is 13.3. The van der Waals surface area contributed by atoms with Gasteiger partial charge >= 0.3 is 0 Å². The van der Waals surface area contributed by atoms with Gasteiger partial charge in [-0.25, -0.2) is 0 Å². The summed E-state index contributed by atoms with van der Waals surface area (Å²) in [5.74, 6) is 0. The van der Waals surface area contributed by atoms with E-state index in [4.69, 9.17) is 0 Å². The second kappa shape index (κ2) is 5.28. The molecule has 102 valence electrons. The maximum absolute atomic E-state index is 10.8. The first kappa shape index (κ1) is 13.2. The third-order valence-corrected chi connectivity index (χ3v) is 5.57. The second-order valence-electron chi connectivity index (χ2n) is 6.02. The van der Waals surface area contributed by atoms with Crippen molar-refractivity contribution in [2.45, 2.75) is 38.5 Å². The molecule has 19 heavy (non-hydrogen) atoms. The van der Waals surface area contributed by atoms with Gasteiger partial charge < -0.3 is 4.90 Å². The minimum atomic E-state index is 0.658. The van der Waals surface area contributed by atoms with E-state index in [9.17, 15) is 4.79 Å². The van der Waals surface area contributed by atoms with E-state index in [0.29, 0.717) is 5.41 Å². The number of hydrogen-bond donors (Lipinski definition) is 0. The fourth-order valence-corrected chi connectivity index (χ4v) is 4.35. The molecule has 2 aliphatic rings. The van der Waals surface area contributed by atoms with E-state index in [1.54, 1.807) is 0 Å². The Hall–Kier alpha value is -0.830. The van der Waals surface area contributed by atoms with Gasteiger partial charge in [-0.3, -0.25) is 4.79 Å². The molecule has 0 amide bonds. The SMILES string of the molecule is O=Cc1ccc(N2CCC3(CCCC3)CC2)c(Br)c1. The molecule has 0 atom stereocenters. The first-order chi connectivity index (χ1) is 9.22. The average Bonchev–Trinajstić information content (AvgIpc) is 2.88. The minimum absolute atomic E-state index is 0.658. The van der Waals surface area contributed by atoms with Gasteiger partial charge in [0, 0.05) is 23.1 Å². The number of carbonyl (C=O) groups is 1. The fourth-order valence-electron chi connectivity index (χ4n) is 3.70. The van der Waals surface area contributed by atoms with E-state index >= 15 is 0 Å². The predicted molar refractivity (Wildman–Crippen MR) is 81.9 cm³/mol. The highest BCUT2D eigenvalue weighted by Gasteiger charge is 2.37. The molecule has 3 heteroatoms. The smallest absolute Gasteiger partial charge is 0.150 e. The van der Waals surface area contributed by atoms with Crippen molar-refractivity contribution in [3.63, 3.8) is 0 Å². The summed E-state index contributed by atoms with van der Waals surface area (Å²) in [6, 6.07) is 5.90. The Morgan fingerprint density at radius 3 is 2.37 bits per heavy atom. The van der Waals surface area contributed by atoms with Gasteiger partial charge in [0.25, 0.3) is 0 Å². The molecule has 2 nitrogen and oxygen atoms in total. The molecule has 1 saturated heterocycles. The van der Waals surface area contributed by atoms with Crippen molar-refractivity contribution in [3.8, 4) is 0 Å². The van der Waals surface area contributed by atoms with E-state index in [2.05, 4.69) is 26.9 Å². The van der Waals surface area contributed by atoms with Crippen LogP contribution in [-0.4, -0.2) is 19.4 Å². The Bertz CT molecular complexity index is 470. The summed E-state index contributed by atoms with van der Waals surface area (Å²) in [6.07, 6.45) is 9.29. The molecule has 1 saturated carbocycles. The van der Waals surface area contributed by atoms with Crippen LogP contribution >= 0.6 is 15.9 Å². The number of rotatable bonds is 2. The summed E-state index contributed by atoms with van der Waals surface area (Å²) in [4.78, 5) is 13.2. The number of benzene rings is 1. The topological polar surface area (TPSA) is 20.3 Å². The van der Waals surface area contributed by atoms with Crippen LogP contribution in [0.1, 0.15) is 48.9 Å². The highest BCUT2D eigenvalue weighted by molar-refractivity contribution is 9.10. The summed E-state index contributed by atoms with van der Waals surface area (Å²) < 4.78 is 1.04. The van der Waals surface area contributed by atoms with Crippen molar-refractivity contribution in [1.29, 1.82) is 0 Å². The third kappa shape index (κ3) is 2.58.